The third-order valence-electron chi connectivity index (χ3n) is 5.30. The number of hydrogen-bond donors (Lipinski definition) is 3. The van der Waals surface area contributed by atoms with E-state index in [0.29, 0.717) is 17.9 Å². The van der Waals surface area contributed by atoms with Gasteiger partial charge in [0.1, 0.15) is 17.3 Å². The number of likely N-dealkylation sites (tertiary alicyclic amines) is 1. The predicted molar refractivity (Wildman–Crippen MR) is 90.5 cm³/mol. The van der Waals surface area contributed by atoms with Crippen molar-refractivity contribution in [2.45, 2.75) is 32.2 Å². The van der Waals surface area contributed by atoms with Gasteiger partial charge < -0.3 is 20.3 Å². The number of nitrogens with zero attached hydrogens (tertiary/aromatic N) is 3. The highest BCUT2D eigenvalue weighted by atomic mass is 16.3. The van der Waals surface area contributed by atoms with Crippen LogP contribution in [0.25, 0.3) is 11.0 Å². The highest BCUT2D eigenvalue weighted by molar-refractivity contribution is 5.87. The Kier molecular flexibility index (Phi) is 3.88. The van der Waals surface area contributed by atoms with Gasteiger partial charge in [0, 0.05) is 31.7 Å². The first-order valence-electron chi connectivity index (χ1n) is 8.61. The van der Waals surface area contributed by atoms with Gasteiger partial charge in [0.05, 0.1) is 12.0 Å². The highest BCUT2D eigenvalue weighted by Gasteiger charge is 2.42. The van der Waals surface area contributed by atoms with E-state index in [-0.39, 0.29) is 18.9 Å². The number of anilines is 1. The summed E-state index contributed by atoms with van der Waals surface area (Å²) in [7, 11) is 0. The number of rotatable bonds is 4. The van der Waals surface area contributed by atoms with E-state index in [0.717, 1.165) is 48.6 Å². The summed E-state index contributed by atoms with van der Waals surface area (Å²) in [5, 5.41) is 13.5. The predicted octanol–water partition coefficient (Wildman–Crippen LogP) is 1.30. The minimum Gasteiger partial charge on any atom is -0.396 e. The van der Waals surface area contributed by atoms with Gasteiger partial charge in [-0.2, -0.15) is 0 Å². The monoisotopic (exact) mass is 329 g/mol. The van der Waals surface area contributed by atoms with E-state index >= 15 is 0 Å². The fourth-order valence-electron chi connectivity index (χ4n) is 4.23. The summed E-state index contributed by atoms with van der Waals surface area (Å²) in [4.78, 5) is 26.0. The van der Waals surface area contributed by atoms with Crippen molar-refractivity contribution in [1.29, 1.82) is 0 Å². The number of aliphatic hydroxyl groups excluding tert-OH is 1. The first-order valence-corrected chi connectivity index (χ1v) is 8.61. The molecular formula is C17H23N5O2. The van der Waals surface area contributed by atoms with Crippen LogP contribution in [0, 0.1) is 18.8 Å². The van der Waals surface area contributed by atoms with Crippen LogP contribution in [0.5, 0.6) is 0 Å². The molecule has 7 heteroatoms. The zero-order chi connectivity index (χ0) is 16.7. The second-order valence-electron chi connectivity index (χ2n) is 6.96. The number of carbonyl (C=O) groups excluding carboxylic acids is 1. The zero-order valence-electron chi connectivity index (χ0n) is 13.8. The van der Waals surface area contributed by atoms with Gasteiger partial charge >= 0.3 is 0 Å². The molecule has 2 fully saturated rings. The second-order valence-corrected chi connectivity index (χ2v) is 6.96. The van der Waals surface area contributed by atoms with Gasteiger partial charge in [-0.15, -0.1) is 0 Å². The molecule has 0 spiro atoms. The summed E-state index contributed by atoms with van der Waals surface area (Å²) >= 11 is 0. The van der Waals surface area contributed by atoms with E-state index in [9.17, 15) is 4.79 Å². The molecule has 1 saturated heterocycles. The average molecular weight is 329 g/mol. The standard InChI is InChI=1S/C17H23N5O2/c1-10-19-16-14(2-4-18-16)17(20-10)21-13-6-11-8-22(9-12(11)7-13)15(24)3-5-23/h2,4,11-13,23H,3,5-9H2,1H3,(H2,18,19,20,21)/t11-,12+,13?. The summed E-state index contributed by atoms with van der Waals surface area (Å²) in [6.07, 6.45) is 4.25. The van der Waals surface area contributed by atoms with Crippen molar-refractivity contribution in [1.82, 2.24) is 19.9 Å². The average Bonchev–Trinajstić information content (AvgIpc) is 3.20. The first-order chi connectivity index (χ1) is 11.6. The van der Waals surface area contributed by atoms with Crippen LogP contribution in [0.2, 0.25) is 0 Å². The number of amides is 1. The Morgan fingerprint density at radius 3 is 2.83 bits per heavy atom. The fourth-order valence-corrected chi connectivity index (χ4v) is 4.23. The van der Waals surface area contributed by atoms with Gasteiger partial charge in [0.2, 0.25) is 5.91 Å². The zero-order valence-corrected chi connectivity index (χ0v) is 13.8. The fraction of sp³-hybridized carbons (Fsp3) is 0.588. The minimum atomic E-state index is -0.0609. The molecule has 7 nitrogen and oxygen atoms in total. The molecule has 3 heterocycles. The lowest BCUT2D eigenvalue weighted by atomic mass is 10.0. The van der Waals surface area contributed by atoms with Gasteiger partial charge in [-0.05, 0) is 37.7 Å². The van der Waals surface area contributed by atoms with Crippen LogP contribution >= 0.6 is 0 Å². The van der Waals surface area contributed by atoms with Crippen molar-refractivity contribution < 1.29 is 9.90 Å². The smallest absolute Gasteiger partial charge is 0.224 e. The van der Waals surface area contributed by atoms with E-state index in [2.05, 4.69) is 20.3 Å². The van der Waals surface area contributed by atoms with E-state index in [1.165, 1.54) is 0 Å². The van der Waals surface area contributed by atoms with Crippen LogP contribution in [-0.2, 0) is 4.79 Å². The van der Waals surface area contributed by atoms with Crippen LogP contribution in [0.4, 0.5) is 5.82 Å². The van der Waals surface area contributed by atoms with Gasteiger partial charge in [-0.25, -0.2) is 9.97 Å². The summed E-state index contributed by atoms with van der Waals surface area (Å²) in [5.74, 6) is 2.84. The molecule has 1 saturated carbocycles. The molecule has 3 N–H and O–H groups in total. The Balaban J connectivity index is 1.42. The lowest BCUT2D eigenvalue weighted by Gasteiger charge is -2.20. The van der Waals surface area contributed by atoms with Crippen molar-refractivity contribution in [2.75, 3.05) is 25.0 Å². The Bertz CT molecular complexity index is 745. The number of hydrogen-bond acceptors (Lipinski definition) is 5. The van der Waals surface area contributed by atoms with Crippen molar-refractivity contribution >= 4 is 22.8 Å². The number of aliphatic hydroxyl groups is 1. The molecule has 1 unspecified atom stereocenters. The quantitative estimate of drug-likeness (QED) is 0.786. The molecule has 24 heavy (non-hydrogen) atoms. The number of aryl methyl sites for hydroxylation is 1. The minimum absolute atomic E-state index is 0.0609. The maximum absolute atomic E-state index is 11.9. The lowest BCUT2D eigenvalue weighted by Crippen LogP contribution is -2.31. The number of aromatic amines is 1. The number of H-pyrrole nitrogens is 1. The lowest BCUT2D eigenvalue weighted by molar-refractivity contribution is -0.131. The summed E-state index contributed by atoms with van der Waals surface area (Å²) in [5.41, 5.74) is 0.865. The van der Waals surface area contributed by atoms with Crippen LogP contribution in [0.1, 0.15) is 25.1 Å². The van der Waals surface area contributed by atoms with Gasteiger partial charge in [-0.1, -0.05) is 0 Å². The van der Waals surface area contributed by atoms with E-state index in [4.69, 9.17) is 5.11 Å². The number of fused-ring (bicyclic) bond motifs is 2. The van der Waals surface area contributed by atoms with Crippen molar-refractivity contribution in [2.24, 2.45) is 11.8 Å². The molecule has 0 radical (unpaired) electrons. The normalized spacial score (nSPS) is 26.1. The van der Waals surface area contributed by atoms with Gasteiger partial charge in [-0.3, -0.25) is 4.79 Å². The molecule has 3 atom stereocenters. The molecule has 1 aliphatic carbocycles. The highest BCUT2D eigenvalue weighted by Crippen LogP contribution is 2.39. The Morgan fingerprint density at radius 1 is 1.38 bits per heavy atom. The topological polar surface area (TPSA) is 94.1 Å². The number of carbonyl (C=O) groups is 1. The number of nitrogens with one attached hydrogen (secondary N) is 2. The van der Waals surface area contributed by atoms with Crippen LogP contribution in [0.15, 0.2) is 12.3 Å². The summed E-state index contributed by atoms with van der Waals surface area (Å²) in [6, 6.07) is 2.39. The molecule has 1 aliphatic heterocycles. The summed E-state index contributed by atoms with van der Waals surface area (Å²) in [6.45, 7) is 3.49. The Morgan fingerprint density at radius 2 is 2.12 bits per heavy atom. The van der Waals surface area contributed by atoms with E-state index in [1.54, 1.807) is 0 Å². The molecule has 0 bridgehead atoms. The SMILES string of the molecule is Cc1nc(NC2C[C@@H]3CN(C(=O)CCO)C[C@@H]3C2)c2cc[nH]c2n1. The van der Waals surface area contributed by atoms with Crippen LogP contribution < -0.4 is 5.32 Å². The first kappa shape index (κ1) is 15.4. The van der Waals surface area contributed by atoms with Crippen molar-refractivity contribution in [3.05, 3.63) is 18.1 Å². The largest absolute Gasteiger partial charge is 0.396 e. The molecule has 0 aromatic carbocycles. The maximum Gasteiger partial charge on any atom is 0.224 e. The van der Waals surface area contributed by atoms with Gasteiger partial charge in [0.15, 0.2) is 0 Å². The maximum atomic E-state index is 11.9. The van der Waals surface area contributed by atoms with Gasteiger partial charge in [0.25, 0.3) is 0 Å². The van der Waals surface area contributed by atoms with E-state index < -0.39 is 0 Å². The van der Waals surface area contributed by atoms with Crippen LogP contribution in [-0.4, -0.2) is 56.6 Å². The van der Waals surface area contributed by atoms with E-state index in [1.807, 2.05) is 24.1 Å². The molecule has 2 aromatic heterocycles. The third kappa shape index (κ3) is 2.73. The number of aromatic nitrogens is 3. The molecule has 128 valence electrons. The Hall–Kier alpha value is -2.15. The van der Waals surface area contributed by atoms with Crippen molar-refractivity contribution in [3.63, 3.8) is 0 Å². The molecule has 1 amide bonds. The van der Waals surface area contributed by atoms with Crippen LogP contribution in [0.3, 0.4) is 0 Å². The molecule has 2 aliphatic rings. The summed E-state index contributed by atoms with van der Waals surface area (Å²) < 4.78 is 0. The third-order valence-corrected chi connectivity index (χ3v) is 5.30. The molecular weight excluding hydrogens is 306 g/mol. The second kappa shape index (κ2) is 6.05. The molecule has 4 rings (SSSR count). The molecule has 2 aromatic rings. The van der Waals surface area contributed by atoms with Crippen molar-refractivity contribution in [3.8, 4) is 0 Å². The Labute approximate surface area is 140 Å².